The molecule has 0 unspecified atom stereocenters. The second kappa shape index (κ2) is 7.56. The van der Waals surface area contributed by atoms with E-state index in [0.29, 0.717) is 11.3 Å². The number of non-ortho nitro benzene ring substituents is 1. The number of carbonyl (C=O) groups is 2. The largest absolute Gasteiger partial charge is 0.497 e. The molecule has 0 amide bonds. The first kappa shape index (κ1) is 20.1. The molecular weight excluding hydrogens is 400 g/mol. The quantitative estimate of drug-likeness (QED) is 0.366. The van der Waals surface area contributed by atoms with Crippen LogP contribution < -0.4 is 14.8 Å². The van der Waals surface area contributed by atoms with Crippen molar-refractivity contribution in [1.29, 1.82) is 0 Å². The van der Waals surface area contributed by atoms with E-state index in [4.69, 9.17) is 9.47 Å². The van der Waals surface area contributed by atoms with Gasteiger partial charge in [-0.3, -0.25) is 19.7 Å². The number of anilines is 1. The van der Waals surface area contributed by atoms with Gasteiger partial charge in [0, 0.05) is 23.3 Å². The Bertz CT molecular complexity index is 1170. The number of hydrogen-bond donors (Lipinski definition) is 1. The summed E-state index contributed by atoms with van der Waals surface area (Å²) in [5, 5.41) is 14.3. The molecule has 8 nitrogen and oxygen atoms in total. The second-order valence-corrected chi connectivity index (χ2v) is 6.95. The summed E-state index contributed by atoms with van der Waals surface area (Å²) in [5.74, 6) is -0.0871. The maximum atomic E-state index is 13.6. The fourth-order valence-electron chi connectivity index (χ4n) is 3.78. The number of nitro benzene ring substituents is 1. The number of ether oxygens (including phenoxy) is 2. The molecule has 0 radical (unpaired) electrons. The summed E-state index contributed by atoms with van der Waals surface area (Å²) in [6.07, 6.45) is 0. The van der Waals surface area contributed by atoms with Crippen molar-refractivity contribution in [2.75, 3.05) is 19.5 Å². The number of ketones is 2. The van der Waals surface area contributed by atoms with Crippen molar-refractivity contribution in [3.8, 4) is 11.5 Å². The summed E-state index contributed by atoms with van der Waals surface area (Å²) in [6.45, 7) is 0. The van der Waals surface area contributed by atoms with E-state index in [0.717, 1.165) is 0 Å². The van der Waals surface area contributed by atoms with Crippen LogP contribution in [0, 0.1) is 10.1 Å². The van der Waals surface area contributed by atoms with E-state index in [1.807, 2.05) is 0 Å². The number of nitro groups is 1. The van der Waals surface area contributed by atoms with Gasteiger partial charge in [0.2, 0.25) is 11.6 Å². The van der Waals surface area contributed by atoms with Crippen molar-refractivity contribution in [2.45, 2.75) is 5.54 Å². The summed E-state index contributed by atoms with van der Waals surface area (Å²) < 4.78 is 10.5. The van der Waals surface area contributed by atoms with Gasteiger partial charge in [-0.2, -0.15) is 0 Å². The molecular formula is C23H18N2O6. The Morgan fingerprint density at radius 3 is 2.00 bits per heavy atom. The minimum absolute atomic E-state index is 0.155. The van der Waals surface area contributed by atoms with E-state index in [1.54, 1.807) is 48.5 Å². The zero-order valence-electron chi connectivity index (χ0n) is 16.7. The molecule has 0 fully saturated rings. The molecule has 0 aliphatic heterocycles. The van der Waals surface area contributed by atoms with Crippen LogP contribution in [0.25, 0.3) is 0 Å². The molecule has 31 heavy (non-hydrogen) atoms. The maximum absolute atomic E-state index is 13.6. The molecule has 3 aromatic carbocycles. The lowest BCUT2D eigenvalue weighted by Gasteiger charge is -2.29. The lowest BCUT2D eigenvalue weighted by Crippen LogP contribution is -2.46. The zero-order chi connectivity index (χ0) is 22.2. The van der Waals surface area contributed by atoms with Crippen LogP contribution in [0.2, 0.25) is 0 Å². The number of benzene rings is 3. The number of rotatable bonds is 6. The summed E-state index contributed by atoms with van der Waals surface area (Å²) >= 11 is 0. The number of carbonyl (C=O) groups excluding carboxylic acids is 2. The van der Waals surface area contributed by atoms with Crippen LogP contribution in [-0.4, -0.2) is 30.7 Å². The molecule has 156 valence electrons. The van der Waals surface area contributed by atoms with Crippen molar-refractivity contribution in [3.63, 3.8) is 0 Å². The van der Waals surface area contributed by atoms with E-state index in [9.17, 15) is 19.7 Å². The molecule has 1 aliphatic rings. The Balaban J connectivity index is 1.93. The Kier molecular flexibility index (Phi) is 4.90. The molecule has 8 heteroatoms. The summed E-state index contributed by atoms with van der Waals surface area (Å²) in [5.41, 5.74) is -0.919. The first-order valence-corrected chi connectivity index (χ1v) is 9.36. The number of hydrogen-bond acceptors (Lipinski definition) is 7. The molecule has 0 bridgehead atoms. The van der Waals surface area contributed by atoms with Crippen molar-refractivity contribution < 1.29 is 24.0 Å². The first-order chi connectivity index (χ1) is 14.9. The predicted octanol–water partition coefficient (Wildman–Crippen LogP) is 4.00. The predicted molar refractivity (Wildman–Crippen MR) is 113 cm³/mol. The van der Waals surface area contributed by atoms with Gasteiger partial charge in [-0.15, -0.1) is 0 Å². The lowest BCUT2D eigenvalue weighted by molar-refractivity contribution is -0.384. The highest BCUT2D eigenvalue weighted by molar-refractivity contribution is 6.34. The van der Waals surface area contributed by atoms with E-state index >= 15 is 0 Å². The third-order valence-corrected chi connectivity index (χ3v) is 5.34. The minimum atomic E-state index is -1.81. The van der Waals surface area contributed by atoms with Crippen LogP contribution in [0.5, 0.6) is 11.5 Å². The van der Waals surface area contributed by atoms with Crippen molar-refractivity contribution in [2.24, 2.45) is 0 Å². The van der Waals surface area contributed by atoms with Crippen LogP contribution in [0.1, 0.15) is 26.3 Å². The molecule has 0 aromatic heterocycles. The fourth-order valence-corrected chi connectivity index (χ4v) is 3.78. The van der Waals surface area contributed by atoms with Gasteiger partial charge < -0.3 is 14.8 Å². The highest BCUT2D eigenvalue weighted by Crippen LogP contribution is 2.43. The smallest absolute Gasteiger partial charge is 0.271 e. The van der Waals surface area contributed by atoms with Crippen LogP contribution >= 0.6 is 0 Å². The molecule has 1 aliphatic carbocycles. The number of fused-ring (bicyclic) bond motifs is 1. The van der Waals surface area contributed by atoms with Crippen molar-refractivity contribution in [3.05, 3.63) is 93.5 Å². The minimum Gasteiger partial charge on any atom is -0.497 e. The SMILES string of the molecule is COc1ccc(C2(Nc3cc([N+](=O)[O-])ccc3OC)C(=O)c3ccccc3C2=O)cc1. The Hall–Kier alpha value is -4.20. The van der Waals surface area contributed by atoms with Crippen molar-refractivity contribution >= 4 is 22.9 Å². The highest BCUT2D eigenvalue weighted by atomic mass is 16.6. The average molecular weight is 418 g/mol. The molecule has 1 N–H and O–H groups in total. The maximum Gasteiger partial charge on any atom is 0.271 e. The molecule has 0 saturated heterocycles. The summed E-state index contributed by atoms with van der Waals surface area (Å²) in [6, 6.07) is 17.0. The second-order valence-electron chi connectivity index (χ2n) is 6.95. The fraction of sp³-hybridized carbons (Fsp3) is 0.130. The third kappa shape index (κ3) is 3.09. The van der Waals surface area contributed by atoms with Crippen LogP contribution in [0.3, 0.4) is 0 Å². The van der Waals surface area contributed by atoms with Crippen LogP contribution in [-0.2, 0) is 5.54 Å². The average Bonchev–Trinajstić information content (AvgIpc) is 3.01. The topological polar surface area (TPSA) is 108 Å². The molecule has 0 spiro atoms. The number of nitrogens with zero attached hydrogens (tertiary/aromatic N) is 1. The Labute approximate surface area is 177 Å². The lowest BCUT2D eigenvalue weighted by atomic mass is 9.84. The number of Topliss-reactive ketones (excluding diaryl/α,β-unsaturated/α-hetero) is 2. The molecule has 4 rings (SSSR count). The van der Waals surface area contributed by atoms with Gasteiger partial charge in [-0.25, -0.2) is 0 Å². The van der Waals surface area contributed by atoms with Gasteiger partial charge >= 0.3 is 0 Å². The zero-order valence-corrected chi connectivity index (χ0v) is 16.7. The van der Waals surface area contributed by atoms with Gasteiger partial charge in [0.05, 0.1) is 24.8 Å². The van der Waals surface area contributed by atoms with E-state index in [1.165, 1.54) is 32.4 Å². The van der Waals surface area contributed by atoms with Gasteiger partial charge in [0.25, 0.3) is 5.69 Å². The van der Waals surface area contributed by atoms with Crippen LogP contribution in [0.15, 0.2) is 66.7 Å². The Morgan fingerprint density at radius 1 is 0.871 bits per heavy atom. The molecule has 0 atom stereocenters. The molecule has 3 aromatic rings. The van der Waals surface area contributed by atoms with Gasteiger partial charge in [0.15, 0.2) is 5.54 Å². The number of methoxy groups -OCH3 is 2. The van der Waals surface area contributed by atoms with Gasteiger partial charge in [0.1, 0.15) is 11.5 Å². The van der Waals surface area contributed by atoms with E-state index in [2.05, 4.69) is 5.32 Å². The molecule has 0 saturated carbocycles. The standard InChI is InChI=1S/C23H18N2O6/c1-30-16-10-7-14(8-11-16)23(21(26)17-5-3-4-6-18(17)22(23)27)24-19-13-15(25(28)29)9-12-20(19)31-2/h3-13,24H,1-2H3. The molecule has 0 heterocycles. The van der Waals surface area contributed by atoms with Crippen molar-refractivity contribution in [1.82, 2.24) is 0 Å². The monoisotopic (exact) mass is 418 g/mol. The van der Waals surface area contributed by atoms with Gasteiger partial charge in [-0.1, -0.05) is 36.4 Å². The highest BCUT2D eigenvalue weighted by Gasteiger charge is 2.54. The number of nitrogens with one attached hydrogen (secondary N) is 1. The van der Waals surface area contributed by atoms with E-state index < -0.39 is 22.0 Å². The Morgan fingerprint density at radius 2 is 1.48 bits per heavy atom. The normalized spacial score (nSPS) is 14.1. The summed E-state index contributed by atoms with van der Waals surface area (Å²) in [4.78, 5) is 38.0. The first-order valence-electron chi connectivity index (χ1n) is 9.36. The summed E-state index contributed by atoms with van der Waals surface area (Å²) in [7, 11) is 2.91. The van der Waals surface area contributed by atoms with Gasteiger partial charge in [-0.05, 0) is 23.8 Å². The van der Waals surface area contributed by atoms with Crippen LogP contribution in [0.4, 0.5) is 11.4 Å². The van der Waals surface area contributed by atoms with E-state index in [-0.39, 0.29) is 28.3 Å². The third-order valence-electron chi connectivity index (χ3n) is 5.34.